The van der Waals surface area contributed by atoms with Crippen molar-refractivity contribution in [1.82, 2.24) is 4.72 Å². The molecule has 114 valence electrons. The molecule has 1 rings (SSSR count). The van der Waals surface area contributed by atoms with Crippen LogP contribution in [0.4, 0.5) is 0 Å². The second kappa shape index (κ2) is 6.62. The molecule has 1 atom stereocenters. The third-order valence-electron chi connectivity index (χ3n) is 2.87. The first-order valence-electron chi connectivity index (χ1n) is 6.29. The summed E-state index contributed by atoms with van der Waals surface area (Å²) in [4.78, 5) is -0.0323. The number of benzene rings is 1. The highest BCUT2D eigenvalue weighted by Gasteiger charge is 2.31. The predicted molar refractivity (Wildman–Crippen MR) is 83.7 cm³/mol. The Hall–Kier alpha value is -0.330. The molecule has 0 saturated heterocycles. The molecule has 0 aliphatic rings. The normalized spacial score (nSPS) is 15.3. The van der Waals surface area contributed by atoms with Gasteiger partial charge in [0.25, 0.3) is 0 Å². The van der Waals surface area contributed by atoms with Crippen LogP contribution in [-0.2, 0) is 10.0 Å². The molecule has 0 bridgehead atoms. The summed E-state index contributed by atoms with van der Waals surface area (Å²) in [6.07, 6.45) is 0.626. The van der Waals surface area contributed by atoms with Crippen molar-refractivity contribution in [3.63, 3.8) is 0 Å². The Morgan fingerprint density at radius 3 is 2.45 bits per heavy atom. The smallest absolute Gasteiger partial charge is 0.242 e. The Morgan fingerprint density at radius 1 is 1.35 bits per heavy atom. The van der Waals surface area contributed by atoms with Gasteiger partial charge in [0.1, 0.15) is 4.90 Å². The highest BCUT2D eigenvalue weighted by atomic mass is 35.5. The number of halogens is 2. The lowest BCUT2D eigenvalue weighted by Gasteiger charge is -2.30. The quantitative estimate of drug-likeness (QED) is 0.837. The molecule has 0 aromatic heterocycles. The van der Waals surface area contributed by atoms with E-state index >= 15 is 0 Å². The predicted octanol–water partition coefficient (Wildman–Crippen LogP) is 3.04. The molecular formula is C13H20Cl2N2O2S. The van der Waals surface area contributed by atoms with Gasteiger partial charge in [0.2, 0.25) is 10.0 Å². The van der Waals surface area contributed by atoms with Gasteiger partial charge in [-0.25, -0.2) is 13.1 Å². The van der Waals surface area contributed by atoms with Gasteiger partial charge in [-0.2, -0.15) is 0 Å². The summed E-state index contributed by atoms with van der Waals surface area (Å²) < 4.78 is 27.5. The zero-order valence-corrected chi connectivity index (χ0v) is 14.1. The monoisotopic (exact) mass is 338 g/mol. The number of rotatable bonds is 6. The van der Waals surface area contributed by atoms with Crippen LogP contribution in [0.15, 0.2) is 23.1 Å². The zero-order valence-electron chi connectivity index (χ0n) is 11.8. The average Bonchev–Trinajstić information content (AvgIpc) is 2.30. The maximum atomic E-state index is 12.5. The number of hydrogen-bond donors (Lipinski definition) is 2. The van der Waals surface area contributed by atoms with E-state index in [1.807, 2.05) is 13.8 Å². The lowest BCUT2D eigenvalue weighted by molar-refractivity contribution is 0.344. The molecule has 0 radical (unpaired) electrons. The molecule has 1 unspecified atom stereocenters. The Balaban J connectivity index is 3.14. The van der Waals surface area contributed by atoms with E-state index in [9.17, 15) is 8.42 Å². The van der Waals surface area contributed by atoms with Gasteiger partial charge in [-0.1, -0.05) is 37.0 Å². The molecule has 0 aliphatic carbocycles. The van der Waals surface area contributed by atoms with Crippen molar-refractivity contribution in [3.05, 3.63) is 28.2 Å². The Kier molecular flexibility index (Phi) is 5.87. The van der Waals surface area contributed by atoms with Gasteiger partial charge in [-0.15, -0.1) is 0 Å². The van der Waals surface area contributed by atoms with E-state index in [-0.39, 0.29) is 16.5 Å². The molecule has 1 aromatic carbocycles. The molecule has 0 spiro atoms. The van der Waals surface area contributed by atoms with Gasteiger partial charge in [0.15, 0.2) is 0 Å². The summed E-state index contributed by atoms with van der Waals surface area (Å²) in [6.45, 7) is 5.99. The Morgan fingerprint density at radius 2 is 1.95 bits per heavy atom. The van der Waals surface area contributed by atoms with E-state index in [2.05, 4.69) is 4.72 Å². The Labute approximate surface area is 130 Å². The van der Waals surface area contributed by atoms with Crippen molar-refractivity contribution in [2.75, 3.05) is 6.54 Å². The fourth-order valence-corrected chi connectivity index (χ4v) is 4.32. The molecule has 0 fully saturated rings. The maximum absolute atomic E-state index is 12.5. The molecule has 4 nitrogen and oxygen atoms in total. The SMILES string of the molecule is CC(C)CC(C)(CN)NS(=O)(=O)c1cc(Cl)ccc1Cl. The van der Waals surface area contributed by atoms with Crippen LogP contribution in [0.5, 0.6) is 0 Å². The van der Waals surface area contributed by atoms with Gasteiger partial charge < -0.3 is 5.73 Å². The third-order valence-corrected chi connectivity index (χ3v) is 5.23. The second-order valence-corrected chi connectivity index (χ2v) is 8.04. The fraction of sp³-hybridized carbons (Fsp3) is 0.538. The molecular weight excluding hydrogens is 319 g/mol. The summed E-state index contributed by atoms with van der Waals surface area (Å²) >= 11 is 11.8. The van der Waals surface area contributed by atoms with Crippen LogP contribution in [-0.4, -0.2) is 20.5 Å². The van der Waals surface area contributed by atoms with Gasteiger partial charge in [0, 0.05) is 17.1 Å². The lowest BCUT2D eigenvalue weighted by atomic mass is 9.92. The third kappa shape index (κ3) is 4.60. The minimum absolute atomic E-state index is 0.0323. The van der Waals surface area contributed by atoms with Gasteiger partial charge in [-0.05, 0) is 37.5 Å². The van der Waals surface area contributed by atoms with Crippen LogP contribution in [0.3, 0.4) is 0 Å². The van der Waals surface area contributed by atoms with E-state index in [1.54, 1.807) is 13.0 Å². The molecule has 7 heteroatoms. The van der Waals surface area contributed by atoms with Crippen LogP contribution in [0.2, 0.25) is 10.0 Å². The van der Waals surface area contributed by atoms with Crippen molar-refractivity contribution in [2.24, 2.45) is 11.7 Å². The molecule has 20 heavy (non-hydrogen) atoms. The minimum Gasteiger partial charge on any atom is -0.329 e. The second-order valence-electron chi connectivity index (χ2n) is 5.54. The fourth-order valence-electron chi connectivity index (χ4n) is 2.13. The number of hydrogen-bond acceptors (Lipinski definition) is 3. The highest BCUT2D eigenvalue weighted by molar-refractivity contribution is 7.89. The molecule has 3 N–H and O–H groups in total. The Bertz CT molecular complexity index is 576. The average molecular weight is 339 g/mol. The lowest BCUT2D eigenvalue weighted by Crippen LogP contribution is -2.52. The van der Waals surface area contributed by atoms with Crippen molar-refractivity contribution in [3.8, 4) is 0 Å². The first-order chi connectivity index (χ1) is 9.09. The van der Waals surface area contributed by atoms with E-state index in [0.717, 1.165) is 0 Å². The molecule has 0 saturated carbocycles. The van der Waals surface area contributed by atoms with Crippen LogP contribution < -0.4 is 10.5 Å². The van der Waals surface area contributed by atoms with E-state index < -0.39 is 15.6 Å². The number of nitrogens with one attached hydrogen (secondary N) is 1. The largest absolute Gasteiger partial charge is 0.329 e. The van der Waals surface area contributed by atoms with Crippen LogP contribution in [0, 0.1) is 5.92 Å². The van der Waals surface area contributed by atoms with Crippen molar-refractivity contribution < 1.29 is 8.42 Å². The minimum atomic E-state index is -3.78. The number of nitrogens with two attached hydrogens (primary N) is 1. The molecule has 0 aliphatic heterocycles. The van der Waals surface area contributed by atoms with Crippen LogP contribution in [0.25, 0.3) is 0 Å². The van der Waals surface area contributed by atoms with Gasteiger partial charge >= 0.3 is 0 Å². The maximum Gasteiger partial charge on any atom is 0.242 e. The van der Waals surface area contributed by atoms with Gasteiger partial charge in [-0.3, -0.25) is 0 Å². The highest BCUT2D eigenvalue weighted by Crippen LogP contribution is 2.27. The number of sulfonamides is 1. The van der Waals surface area contributed by atoms with E-state index in [0.29, 0.717) is 17.4 Å². The summed E-state index contributed by atoms with van der Waals surface area (Å²) in [6, 6.07) is 4.33. The first kappa shape index (κ1) is 17.7. The summed E-state index contributed by atoms with van der Waals surface area (Å²) in [5.41, 5.74) is 5.00. The summed E-state index contributed by atoms with van der Waals surface area (Å²) in [7, 11) is -3.78. The molecule has 1 aromatic rings. The van der Waals surface area contributed by atoms with Gasteiger partial charge in [0.05, 0.1) is 5.02 Å². The topological polar surface area (TPSA) is 72.2 Å². The molecule has 0 heterocycles. The summed E-state index contributed by atoms with van der Waals surface area (Å²) in [5.74, 6) is 0.307. The standard InChI is InChI=1S/C13H20Cl2N2O2S/c1-9(2)7-13(3,8-16)17-20(18,19)12-6-10(14)4-5-11(12)15/h4-6,9,17H,7-8,16H2,1-3H3. The first-order valence-corrected chi connectivity index (χ1v) is 8.52. The van der Waals surface area contributed by atoms with E-state index in [4.69, 9.17) is 28.9 Å². The van der Waals surface area contributed by atoms with Crippen molar-refractivity contribution in [2.45, 2.75) is 37.6 Å². The van der Waals surface area contributed by atoms with Crippen molar-refractivity contribution in [1.29, 1.82) is 0 Å². The van der Waals surface area contributed by atoms with Crippen LogP contribution in [0.1, 0.15) is 27.2 Å². The van der Waals surface area contributed by atoms with E-state index in [1.165, 1.54) is 12.1 Å². The molecule has 0 amide bonds. The van der Waals surface area contributed by atoms with Crippen molar-refractivity contribution >= 4 is 33.2 Å². The summed E-state index contributed by atoms with van der Waals surface area (Å²) in [5, 5.41) is 0.443. The zero-order chi connectivity index (χ0) is 15.6. The van der Waals surface area contributed by atoms with Crippen LogP contribution >= 0.6 is 23.2 Å².